The number of aryl methyl sites for hydroxylation is 2. The molecule has 3 heterocycles. The topological polar surface area (TPSA) is 84.2 Å². The number of hydrogen-bond donors (Lipinski definition) is 2. The third-order valence-electron chi connectivity index (χ3n) is 4.36. The highest BCUT2D eigenvalue weighted by Gasteiger charge is 2.17. The standard InChI is InChI=1S/C20H17N3O3/c1-12-15(6-8-17(21-12)18-3-2-10-26-18)20(25)22-14-5-7-16-13(11-14)4-9-19(24)23-16/h2-3,5-8,10-11H,4,9H2,1H3,(H,22,25)(H,23,24). The van der Waals surface area contributed by atoms with Gasteiger partial charge in [0.05, 0.1) is 17.5 Å². The van der Waals surface area contributed by atoms with Crippen molar-refractivity contribution in [2.75, 3.05) is 10.6 Å². The number of amides is 2. The maximum Gasteiger partial charge on any atom is 0.257 e. The number of hydrogen-bond acceptors (Lipinski definition) is 4. The maximum atomic E-state index is 12.6. The van der Waals surface area contributed by atoms with E-state index in [9.17, 15) is 9.59 Å². The van der Waals surface area contributed by atoms with Crippen LogP contribution in [0.1, 0.15) is 28.0 Å². The van der Waals surface area contributed by atoms with Gasteiger partial charge >= 0.3 is 0 Å². The Morgan fingerprint density at radius 3 is 2.85 bits per heavy atom. The minimum absolute atomic E-state index is 0.0210. The molecule has 0 bridgehead atoms. The van der Waals surface area contributed by atoms with E-state index >= 15 is 0 Å². The first kappa shape index (κ1) is 16.1. The molecule has 1 aliphatic rings. The molecule has 0 unspecified atom stereocenters. The molecular formula is C20H17N3O3. The van der Waals surface area contributed by atoms with Crippen LogP contribution in [-0.2, 0) is 11.2 Å². The molecule has 0 fully saturated rings. The Hall–Kier alpha value is -3.41. The summed E-state index contributed by atoms with van der Waals surface area (Å²) in [6.07, 6.45) is 2.72. The van der Waals surface area contributed by atoms with Gasteiger partial charge in [-0.05, 0) is 61.4 Å². The molecule has 0 spiro atoms. The number of anilines is 2. The third-order valence-corrected chi connectivity index (χ3v) is 4.36. The molecular weight excluding hydrogens is 330 g/mol. The van der Waals surface area contributed by atoms with Crippen LogP contribution in [0.5, 0.6) is 0 Å². The summed E-state index contributed by atoms with van der Waals surface area (Å²) >= 11 is 0. The van der Waals surface area contributed by atoms with Crippen molar-refractivity contribution in [3.05, 3.63) is 65.5 Å². The Bertz CT molecular complexity index is 994. The lowest BCUT2D eigenvalue weighted by Gasteiger charge is -2.18. The number of furan rings is 1. The summed E-state index contributed by atoms with van der Waals surface area (Å²) < 4.78 is 5.34. The zero-order chi connectivity index (χ0) is 18.1. The lowest BCUT2D eigenvalue weighted by molar-refractivity contribution is -0.116. The molecule has 2 aromatic heterocycles. The van der Waals surface area contributed by atoms with E-state index in [2.05, 4.69) is 15.6 Å². The fourth-order valence-electron chi connectivity index (χ4n) is 3.02. The number of nitrogens with zero attached hydrogens (tertiary/aromatic N) is 1. The molecule has 2 amide bonds. The molecule has 0 radical (unpaired) electrons. The largest absolute Gasteiger partial charge is 0.463 e. The van der Waals surface area contributed by atoms with E-state index < -0.39 is 0 Å². The van der Waals surface area contributed by atoms with Crippen LogP contribution in [0.4, 0.5) is 11.4 Å². The number of pyridine rings is 1. The number of rotatable bonds is 3. The summed E-state index contributed by atoms with van der Waals surface area (Å²) in [7, 11) is 0. The van der Waals surface area contributed by atoms with Crippen molar-refractivity contribution >= 4 is 23.2 Å². The van der Waals surface area contributed by atoms with Gasteiger partial charge in [-0.15, -0.1) is 0 Å². The SMILES string of the molecule is Cc1nc(-c2ccco2)ccc1C(=O)Nc1ccc2c(c1)CCC(=O)N2. The molecule has 0 saturated carbocycles. The number of aromatic nitrogens is 1. The number of carbonyl (C=O) groups is 2. The normalized spacial score (nSPS) is 13.0. The summed E-state index contributed by atoms with van der Waals surface area (Å²) in [5.41, 5.74) is 4.34. The van der Waals surface area contributed by atoms with Gasteiger partial charge in [0.15, 0.2) is 5.76 Å². The van der Waals surface area contributed by atoms with Gasteiger partial charge in [0, 0.05) is 17.8 Å². The van der Waals surface area contributed by atoms with Gasteiger partial charge < -0.3 is 15.1 Å². The van der Waals surface area contributed by atoms with Crippen LogP contribution < -0.4 is 10.6 Å². The number of nitrogens with one attached hydrogen (secondary N) is 2. The van der Waals surface area contributed by atoms with Crippen LogP contribution in [0.2, 0.25) is 0 Å². The van der Waals surface area contributed by atoms with E-state index in [-0.39, 0.29) is 11.8 Å². The van der Waals surface area contributed by atoms with E-state index in [1.807, 2.05) is 18.2 Å². The highest BCUT2D eigenvalue weighted by atomic mass is 16.3. The molecule has 0 aliphatic carbocycles. The van der Waals surface area contributed by atoms with Crippen molar-refractivity contribution in [2.24, 2.45) is 0 Å². The van der Waals surface area contributed by atoms with Crippen molar-refractivity contribution < 1.29 is 14.0 Å². The lowest BCUT2D eigenvalue weighted by Crippen LogP contribution is -2.19. The first-order chi connectivity index (χ1) is 12.6. The first-order valence-corrected chi connectivity index (χ1v) is 8.36. The fraction of sp³-hybridized carbons (Fsp3) is 0.150. The van der Waals surface area contributed by atoms with Crippen molar-refractivity contribution in [3.8, 4) is 11.5 Å². The third kappa shape index (κ3) is 3.09. The second-order valence-corrected chi connectivity index (χ2v) is 6.18. The summed E-state index contributed by atoms with van der Waals surface area (Å²) in [5, 5.41) is 5.73. The zero-order valence-corrected chi connectivity index (χ0v) is 14.2. The quantitative estimate of drug-likeness (QED) is 0.755. The Labute approximate surface area is 150 Å². The molecule has 2 N–H and O–H groups in total. The van der Waals surface area contributed by atoms with Crippen LogP contribution in [-0.4, -0.2) is 16.8 Å². The molecule has 6 heteroatoms. The van der Waals surface area contributed by atoms with E-state index in [1.165, 1.54) is 0 Å². The minimum atomic E-state index is -0.221. The van der Waals surface area contributed by atoms with Gasteiger partial charge in [-0.2, -0.15) is 0 Å². The highest BCUT2D eigenvalue weighted by molar-refractivity contribution is 6.05. The van der Waals surface area contributed by atoms with Gasteiger partial charge in [0.25, 0.3) is 5.91 Å². The average molecular weight is 347 g/mol. The summed E-state index contributed by atoms with van der Waals surface area (Å²) in [6, 6.07) is 12.6. The van der Waals surface area contributed by atoms with Gasteiger partial charge in [0.2, 0.25) is 5.91 Å². The van der Waals surface area contributed by atoms with Crippen LogP contribution in [0.25, 0.3) is 11.5 Å². The van der Waals surface area contributed by atoms with E-state index in [0.717, 1.165) is 11.3 Å². The van der Waals surface area contributed by atoms with Gasteiger partial charge in [-0.1, -0.05) is 0 Å². The zero-order valence-electron chi connectivity index (χ0n) is 14.2. The smallest absolute Gasteiger partial charge is 0.257 e. The molecule has 0 saturated heterocycles. The number of benzene rings is 1. The van der Waals surface area contributed by atoms with Gasteiger partial charge in [0.1, 0.15) is 5.69 Å². The molecule has 0 atom stereocenters. The predicted molar refractivity (Wildman–Crippen MR) is 98.0 cm³/mol. The van der Waals surface area contributed by atoms with Gasteiger partial charge in [-0.25, -0.2) is 4.98 Å². The summed E-state index contributed by atoms with van der Waals surface area (Å²) in [4.78, 5) is 28.5. The fourth-order valence-corrected chi connectivity index (χ4v) is 3.02. The molecule has 3 aromatic rings. The van der Waals surface area contributed by atoms with Crippen molar-refractivity contribution in [1.82, 2.24) is 4.98 Å². The van der Waals surface area contributed by atoms with Crippen molar-refractivity contribution in [2.45, 2.75) is 19.8 Å². The number of carbonyl (C=O) groups excluding carboxylic acids is 2. The van der Waals surface area contributed by atoms with Crippen LogP contribution in [0, 0.1) is 6.92 Å². The van der Waals surface area contributed by atoms with Crippen molar-refractivity contribution in [1.29, 1.82) is 0 Å². The number of fused-ring (bicyclic) bond motifs is 1. The monoisotopic (exact) mass is 347 g/mol. The Morgan fingerprint density at radius 2 is 2.08 bits per heavy atom. The lowest BCUT2D eigenvalue weighted by atomic mass is 10.0. The molecule has 130 valence electrons. The predicted octanol–water partition coefficient (Wildman–Crippen LogP) is 3.79. The molecule has 4 rings (SSSR count). The maximum absolute atomic E-state index is 12.6. The second kappa shape index (κ2) is 6.48. The Balaban J connectivity index is 1.54. The Morgan fingerprint density at radius 1 is 1.19 bits per heavy atom. The summed E-state index contributed by atoms with van der Waals surface area (Å²) in [5.74, 6) is 0.463. The molecule has 1 aliphatic heterocycles. The average Bonchev–Trinajstić information content (AvgIpc) is 3.16. The van der Waals surface area contributed by atoms with E-state index in [4.69, 9.17) is 4.42 Å². The molecule has 1 aromatic carbocycles. The van der Waals surface area contributed by atoms with E-state index in [0.29, 0.717) is 41.2 Å². The minimum Gasteiger partial charge on any atom is -0.463 e. The molecule has 6 nitrogen and oxygen atoms in total. The highest BCUT2D eigenvalue weighted by Crippen LogP contribution is 2.26. The van der Waals surface area contributed by atoms with E-state index in [1.54, 1.807) is 37.5 Å². The Kier molecular flexibility index (Phi) is 4.01. The molecule has 26 heavy (non-hydrogen) atoms. The van der Waals surface area contributed by atoms with Crippen molar-refractivity contribution in [3.63, 3.8) is 0 Å². The summed E-state index contributed by atoms with van der Waals surface area (Å²) in [6.45, 7) is 1.80. The van der Waals surface area contributed by atoms with Crippen LogP contribution in [0.15, 0.2) is 53.1 Å². The first-order valence-electron chi connectivity index (χ1n) is 8.36. The van der Waals surface area contributed by atoms with Crippen LogP contribution in [0.3, 0.4) is 0 Å². The van der Waals surface area contributed by atoms with Crippen LogP contribution >= 0.6 is 0 Å². The van der Waals surface area contributed by atoms with Gasteiger partial charge in [-0.3, -0.25) is 9.59 Å². The second-order valence-electron chi connectivity index (χ2n) is 6.18.